The predicted molar refractivity (Wildman–Crippen MR) is 115 cm³/mol. The standard InChI is InChI=1S/C22H30FN5O/c1-15(17-9-10-20(19(23)12-17)29-14-16-7-8-16)27-22(24-2)26-13-18-6-5-11-25-21(18)28(3)4/h5-6,9-12,15-16H,7-8,13-14H2,1-4H3,(H2,24,26,27). The molecule has 1 atom stereocenters. The molecule has 6 nitrogen and oxygen atoms in total. The summed E-state index contributed by atoms with van der Waals surface area (Å²) in [4.78, 5) is 10.7. The third-order valence-electron chi connectivity index (χ3n) is 4.94. The first-order valence-corrected chi connectivity index (χ1v) is 9.98. The minimum absolute atomic E-state index is 0.115. The molecular weight excluding hydrogens is 369 g/mol. The zero-order valence-corrected chi connectivity index (χ0v) is 17.6. The number of aromatic nitrogens is 1. The Kier molecular flexibility index (Phi) is 6.90. The lowest BCUT2D eigenvalue weighted by Crippen LogP contribution is -2.38. The van der Waals surface area contributed by atoms with Crippen molar-refractivity contribution >= 4 is 11.8 Å². The molecule has 1 aliphatic rings. The van der Waals surface area contributed by atoms with Gasteiger partial charge < -0.3 is 20.3 Å². The van der Waals surface area contributed by atoms with Gasteiger partial charge in [0.25, 0.3) is 0 Å². The maximum Gasteiger partial charge on any atom is 0.191 e. The molecule has 29 heavy (non-hydrogen) atoms. The quantitative estimate of drug-likeness (QED) is 0.526. The largest absolute Gasteiger partial charge is 0.490 e. The molecule has 0 radical (unpaired) electrons. The first-order chi connectivity index (χ1) is 14.0. The van der Waals surface area contributed by atoms with Gasteiger partial charge in [-0.25, -0.2) is 9.37 Å². The molecule has 0 amide bonds. The Morgan fingerprint density at radius 1 is 1.34 bits per heavy atom. The number of nitrogens with zero attached hydrogens (tertiary/aromatic N) is 3. The van der Waals surface area contributed by atoms with Crippen LogP contribution in [-0.4, -0.2) is 38.7 Å². The van der Waals surface area contributed by atoms with E-state index in [1.54, 1.807) is 19.3 Å². The lowest BCUT2D eigenvalue weighted by Gasteiger charge is -2.20. The van der Waals surface area contributed by atoms with Gasteiger partial charge in [0.05, 0.1) is 12.6 Å². The molecule has 7 heteroatoms. The Bertz CT molecular complexity index is 851. The zero-order valence-electron chi connectivity index (χ0n) is 17.6. The van der Waals surface area contributed by atoms with E-state index in [2.05, 4.69) is 20.6 Å². The second kappa shape index (κ2) is 9.58. The number of hydrogen-bond acceptors (Lipinski definition) is 4. The third-order valence-corrected chi connectivity index (χ3v) is 4.94. The minimum Gasteiger partial charge on any atom is -0.490 e. The lowest BCUT2D eigenvalue weighted by atomic mass is 10.1. The molecule has 1 aromatic carbocycles. The van der Waals surface area contributed by atoms with Crippen molar-refractivity contribution in [3.63, 3.8) is 0 Å². The number of hydrogen-bond donors (Lipinski definition) is 2. The maximum atomic E-state index is 14.4. The maximum absolute atomic E-state index is 14.4. The van der Waals surface area contributed by atoms with Crippen LogP contribution in [0.4, 0.5) is 10.2 Å². The summed E-state index contributed by atoms with van der Waals surface area (Å²) in [7, 11) is 5.65. The summed E-state index contributed by atoms with van der Waals surface area (Å²) < 4.78 is 20.0. The average Bonchev–Trinajstić information content (AvgIpc) is 3.54. The highest BCUT2D eigenvalue weighted by molar-refractivity contribution is 5.80. The van der Waals surface area contributed by atoms with Gasteiger partial charge in [0.1, 0.15) is 5.82 Å². The molecule has 1 aromatic heterocycles. The van der Waals surface area contributed by atoms with E-state index in [-0.39, 0.29) is 11.9 Å². The topological polar surface area (TPSA) is 61.8 Å². The van der Waals surface area contributed by atoms with Crippen molar-refractivity contribution in [3.8, 4) is 5.75 Å². The average molecular weight is 400 g/mol. The number of guanidine groups is 1. The number of halogens is 1. The molecule has 156 valence electrons. The highest BCUT2D eigenvalue weighted by Gasteiger charge is 2.22. The normalized spacial score (nSPS) is 15.0. The second-order valence-electron chi connectivity index (χ2n) is 7.62. The van der Waals surface area contributed by atoms with Gasteiger partial charge in [-0.3, -0.25) is 4.99 Å². The number of nitrogens with one attached hydrogen (secondary N) is 2. The minimum atomic E-state index is -0.328. The summed E-state index contributed by atoms with van der Waals surface area (Å²) in [6, 6.07) is 8.95. The molecule has 3 rings (SSSR count). The van der Waals surface area contributed by atoms with E-state index in [1.807, 2.05) is 44.1 Å². The first-order valence-electron chi connectivity index (χ1n) is 9.98. The predicted octanol–water partition coefficient (Wildman–Crippen LogP) is 3.50. The van der Waals surface area contributed by atoms with Crippen LogP contribution in [-0.2, 0) is 6.54 Å². The number of benzene rings is 1. The van der Waals surface area contributed by atoms with E-state index in [4.69, 9.17) is 4.74 Å². The Morgan fingerprint density at radius 3 is 2.79 bits per heavy atom. The Hall–Kier alpha value is -2.83. The molecule has 0 spiro atoms. The molecule has 1 heterocycles. The van der Waals surface area contributed by atoms with Gasteiger partial charge in [-0.05, 0) is 49.4 Å². The van der Waals surface area contributed by atoms with Crippen LogP contribution in [0.1, 0.15) is 36.9 Å². The number of pyridine rings is 1. The van der Waals surface area contributed by atoms with E-state index >= 15 is 0 Å². The van der Waals surface area contributed by atoms with Gasteiger partial charge in [0.2, 0.25) is 0 Å². The van der Waals surface area contributed by atoms with Crippen LogP contribution in [0.3, 0.4) is 0 Å². The SMILES string of the molecule is CN=C(NCc1cccnc1N(C)C)NC(C)c1ccc(OCC2CC2)c(F)c1. The number of aliphatic imine (C=N–C) groups is 1. The van der Waals surface area contributed by atoms with Crippen molar-refractivity contribution in [2.45, 2.75) is 32.4 Å². The summed E-state index contributed by atoms with van der Waals surface area (Å²) >= 11 is 0. The molecule has 0 saturated heterocycles. The zero-order chi connectivity index (χ0) is 20.8. The van der Waals surface area contributed by atoms with Crippen LogP contribution in [0.2, 0.25) is 0 Å². The van der Waals surface area contributed by atoms with Gasteiger partial charge in [-0.1, -0.05) is 12.1 Å². The third kappa shape index (κ3) is 5.82. The molecule has 2 N–H and O–H groups in total. The fourth-order valence-electron chi connectivity index (χ4n) is 3.03. The first kappa shape index (κ1) is 20.9. The molecule has 1 fully saturated rings. The lowest BCUT2D eigenvalue weighted by molar-refractivity contribution is 0.285. The van der Waals surface area contributed by atoms with Gasteiger partial charge in [-0.2, -0.15) is 0 Å². The van der Waals surface area contributed by atoms with Crippen LogP contribution >= 0.6 is 0 Å². The summed E-state index contributed by atoms with van der Waals surface area (Å²) in [5.74, 6) is 2.14. The highest BCUT2D eigenvalue weighted by atomic mass is 19.1. The molecule has 1 aliphatic carbocycles. The van der Waals surface area contributed by atoms with E-state index in [1.165, 1.54) is 18.9 Å². The molecule has 1 saturated carbocycles. The van der Waals surface area contributed by atoms with Crippen molar-refractivity contribution in [1.29, 1.82) is 0 Å². The van der Waals surface area contributed by atoms with Gasteiger partial charge in [-0.15, -0.1) is 0 Å². The Labute approximate surface area is 172 Å². The van der Waals surface area contributed by atoms with Crippen LogP contribution in [0.15, 0.2) is 41.5 Å². The fourth-order valence-corrected chi connectivity index (χ4v) is 3.03. The molecule has 0 aliphatic heterocycles. The second-order valence-corrected chi connectivity index (χ2v) is 7.62. The molecule has 1 unspecified atom stereocenters. The highest BCUT2D eigenvalue weighted by Crippen LogP contribution is 2.30. The van der Waals surface area contributed by atoms with Crippen molar-refractivity contribution in [3.05, 3.63) is 53.5 Å². The van der Waals surface area contributed by atoms with E-state index in [0.717, 1.165) is 16.9 Å². The van der Waals surface area contributed by atoms with Gasteiger partial charge in [0.15, 0.2) is 17.5 Å². The van der Waals surface area contributed by atoms with Crippen molar-refractivity contribution in [2.75, 3.05) is 32.6 Å². The van der Waals surface area contributed by atoms with E-state index in [0.29, 0.717) is 30.8 Å². The van der Waals surface area contributed by atoms with E-state index in [9.17, 15) is 4.39 Å². The Balaban J connectivity index is 1.58. The molecule has 0 bridgehead atoms. The molecule has 2 aromatic rings. The summed E-state index contributed by atoms with van der Waals surface area (Å²) in [5, 5.41) is 6.61. The van der Waals surface area contributed by atoms with Crippen molar-refractivity contribution < 1.29 is 9.13 Å². The van der Waals surface area contributed by atoms with E-state index < -0.39 is 0 Å². The number of anilines is 1. The summed E-state index contributed by atoms with van der Waals surface area (Å²) in [6.45, 7) is 3.15. The summed E-state index contributed by atoms with van der Waals surface area (Å²) in [6.07, 6.45) is 4.14. The van der Waals surface area contributed by atoms with Crippen molar-refractivity contribution in [2.24, 2.45) is 10.9 Å². The van der Waals surface area contributed by atoms with Crippen LogP contribution < -0.4 is 20.3 Å². The van der Waals surface area contributed by atoms with Crippen LogP contribution in [0.5, 0.6) is 5.75 Å². The van der Waals surface area contributed by atoms with Crippen LogP contribution in [0, 0.1) is 11.7 Å². The smallest absolute Gasteiger partial charge is 0.191 e. The molecular formula is C22H30FN5O. The fraction of sp³-hybridized carbons (Fsp3) is 0.455. The Morgan fingerprint density at radius 2 is 2.14 bits per heavy atom. The number of rotatable bonds is 8. The van der Waals surface area contributed by atoms with Crippen LogP contribution in [0.25, 0.3) is 0 Å². The van der Waals surface area contributed by atoms with Crippen molar-refractivity contribution in [1.82, 2.24) is 15.6 Å². The summed E-state index contributed by atoms with van der Waals surface area (Å²) in [5.41, 5.74) is 1.90. The number of ether oxygens (including phenoxy) is 1. The monoisotopic (exact) mass is 399 g/mol. The van der Waals surface area contributed by atoms with Gasteiger partial charge in [0, 0.05) is 39.4 Å². The van der Waals surface area contributed by atoms with Gasteiger partial charge >= 0.3 is 0 Å².